The summed E-state index contributed by atoms with van der Waals surface area (Å²) >= 11 is 3.14. The number of ether oxygens (including phenoxy) is 1. The molecule has 1 fully saturated rings. The van der Waals surface area contributed by atoms with Crippen molar-refractivity contribution in [2.45, 2.75) is 18.7 Å². The van der Waals surface area contributed by atoms with Crippen LogP contribution in [0.2, 0.25) is 0 Å². The molecule has 8 heavy (non-hydrogen) atoms. The number of rotatable bonds is 2. The Bertz CT molecular complexity index is 82.5. The Morgan fingerprint density at radius 1 is 1.75 bits per heavy atom. The van der Waals surface area contributed by atoms with Gasteiger partial charge in [-0.2, -0.15) is 0 Å². The summed E-state index contributed by atoms with van der Waals surface area (Å²) in [5.41, 5.74) is 0. The maximum absolute atomic E-state index is 12.7. The lowest BCUT2D eigenvalue weighted by Crippen LogP contribution is -2.39. The molecule has 0 bridgehead atoms. The molecule has 0 amide bonds. The van der Waals surface area contributed by atoms with Gasteiger partial charge in [-0.15, -0.1) is 0 Å². The molecule has 1 aliphatic heterocycles. The molecular formula is C5H8BrFO. The third-order valence-corrected chi connectivity index (χ3v) is 1.70. The molecule has 48 valence electrons. The maximum Gasteiger partial charge on any atom is 0.212 e. The highest BCUT2D eigenvalue weighted by molar-refractivity contribution is 9.09. The van der Waals surface area contributed by atoms with Crippen molar-refractivity contribution in [3.8, 4) is 0 Å². The molecule has 0 aromatic rings. The monoisotopic (exact) mass is 182 g/mol. The van der Waals surface area contributed by atoms with Gasteiger partial charge in [-0.25, -0.2) is 4.39 Å². The summed E-state index contributed by atoms with van der Waals surface area (Å²) in [5, 5.41) is 0.684. The van der Waals surface area contributed by atoms with Gasteiger partial charge in [0.2, 0.25) is 5.85 Å². The Balaban J connectivity index is 2.20. The van der Waals surface area contributed by atoms with Gasteiger partial charge >= 0.3 is 0 Å². The number of alkyl halides is 2. The first-order valence-electron chi connectivity index (χ1n) is 2.66. The Morgan fingerprint density at radius 2 is 2.38 bits per heavy atom. The summed E-state index contributed by atoms with van der Waals surface area (Å²) in [4.78, 5) is 0. The van der Waals surface area contributed by atoms with Crippen molar-refractivity contribution in [3.63, 3.8) is 0 Å². The quantitative estimate of drug-likeness (QED) is 0.593. The lowest BCUT2D eigenvalue weighted by Gasteiger charge is -2.33. The molecule has 1 atom stereocenters. The van der Waals surface area contributed by atoms with Crippen LogP contribution in [0.1, 0.15) is 12.8 Å². The van der Waals surface area contributed by atoms with Crippen molar-refractivity contribution >= 4 is 15.9 Å². The van der Waals surface area contributed by atoms with Crippen LogP contribution in [-0.2, 0) is 4.74 Å². The highest BCUT2D eigenvalue weighted by Gasteiger charge is 2.37. The van der Waals surface area contributed by atoms with Gasteiger partial charge in [0, 0.05) is 18.2 Å². The first-order chi connectivity index (χ1) is 3.77. The summed E-state index contributed by atoms with van der Waals surface area (Å²) in [6.07, 6.45) is 1.05. The fraction of sp³-hybridized carbons (Fsp3) is 1.00. The molecule has 0 spiro atoms. The molecule has 1 unspecified atom stereocenters. The molecule has 0 saturated carbocycles. The summed E-state index contributed by atoms with van der Waals surface area (Å²) < 4.78 is 17.3. The third-order valence-electron chi connectivity index (χ3n) is 1.30. The molecule has 1 rings (SSSR count). The Kier molecular flexibility index (Phi) is 1.88. The van der Waals surface area contributed by atoms with E-state index in [-0.39, 0.29) is 0 Å². The zero-order valence-electron chi connectivity index (χ0n) is 4.49. The van der Waals surface area contributed by atoms with E-state index in [1.807, 2.05) is 0 Å². The van der Waals surface area contributed by atoms with Gasteiger partial charge in [0.15, 0.2) is 0 Å². The van der Waals surface area contributed by atoms with E-state index in [1.54, 1.807) is 0 Å². The van der Waals surface area contributed by atoms with Crippen molar-refractivity contribution in [2.75, 3.05) is 11.9 Å². The van der Waals surface area contributed by atoms with Crippen molar-refractivity contribution in [2.24, 2.45) is 0 Å². The number of hydrogen-bond donors (Lipinski definition) is 0. The molecule has 1 aliphatic rings. The molecule has 0 radical (unpaired) electrons. The van der Waals surface area contributed by atoms with Crippen molar-refractivity contribution < 1.29 is 9.13 Å². The van der Waals surface area contributed by atoms with E-state index in [0.717, 1.165) is 0 Å². The average molecular weight is 183 g/mol. The van der Waals surface area contributed by atoms with Crippen LogP contribution >= 0.6 is 15.9 Å². The fourth-order valence-electron chi connectivity index (χ4n) is 0.662. The molecule has 3 heteroatoms. The van der Waals surface area contributed by atoms with E-state index in [9.17, 15) is 4.39 Å². The van der Waals surface area contributed by atoms with Gasteiger partial charge in [-0.05, 0) is 0 Å². The second kappa shape index (κ2) is 2.31. The van der Waals surface area contributed by atoms with Crippen LogP contribution < -0.4 is 0 Å². The summed E-state index contributed by atoms with van der Waals surface area (Å²) in [6, 6.07) is 0. The molecule has 1 nitrogen and oxygen atoms in total. The largest absolute Gasteiger partial charge is 0.345 e. The molecule has 1 heterocycles. The van der Waals surface area contributed by atoms with Crippen LogP contribution in [0.5, 0.6) is 0 Å². The maximum atomic E-state index is 12.7. The second-order valence-electron chi connectivity index (χ2n) is 1.92. The minimum Gasteiger partial charge on any atom is -0.345 e. The molecular weight excluding hydrogens is 175 g/mol. The number of hydrogen-bond acceptors (Lipinski definition) is 1. The van der Waals surface area contributed by atoms with Gasteiger partial charge in [-0.1, -0.05) is 15.9 Å². The highest BCUT2D eigenvalue weighted by Crippen LogP contribution is 2.31. The lowest BCUT2D eigenvalue weighted by atomic mass is 10.1. The normalized spacial score (nSPS) is 36.8. The van der Waals surface area contributed by atoms with Crippen LogP contribution in [0.25, 0.3) is 0 Å². The standard InChI is InChI=1S/C5H8BrFO/c6-3-1-5(7)2-4-8-5/h1-4H2. The van der Waals surface area contributed by atoms with Gasteiger partial charge in [0.05, 0.1) is 6.61 Å². The molecule has 0 N–H and O–H groups in total. The minimum atomic E-state index is -1.27. The smallest absolute Gasteiger partial charge is 0.212 e. The summed E-state index contributed by atoms with van der Waals surface area (Å²) in [6.45, 7) is 0.587. The van der Waals surface area contributed by atoms with E-state index >= 15 is 0 Å². The predicted octanol–water partition coefficient (Wildman–Crippen LogP) is 1.86. The van der Waals surface area contributed by atoms with E-state index in [1.165, 1.54) is 0 Å². The molecule has 0 aliphatic carbocycles. The fourth-order valence-corrected chi connectivity index (χ4v) is 1.25. The van der Waals surface area contributed by atoms with Gasteiger partial charge in [0.25, 0.3) is 0 Å². The summed E-state index contributed by atoms with van der Waals surface area (Å²) in [7, 11) is 0. The van der Waals surface area contributed by atoms with Crippen molar-refractivity contribution in [1.29, 1.82) is 0 Å². The molecule has 0 aromatic carbocycles. The minimum absolute atomic E-state index is 0.479. The Labute approximate surface area is 56.3 Å². The van der Waals surface area contributed by atoms with E-state index < -0.39 is 5.85 Å². The Hall–Kier alpha value is 0.370. The average Bonchev–Trinajstić information content (AvgIpc) is 1.64. The lowest BCUT2D eigenvalue weighted by molar-refractivity contribution is -0.232. The van der Waals surface area contributed by atoms with E-state index in [0.29, 0.717) is 24.8 Å². The first kappa shape index (κ1) is 6.49. The van der Waals surface area contributed by atoms with Crippen molar-refractivity contribution in [3.05, 3.63) is 0 Å². The second-order valence-corrected chi connectivity index (χ2v) is 2.71. The van der Waals surface area contributed by atoms with E-state index in [4.69, 9.17) is 0 Å². The van der Waals surface area contributed by atoms with Crippen LogP contribution in [0.4, 0.5) is 4.39 Å². The predicted molar refractivity (Wildman–Crippen MR) is 32.8 cm³/mol. The van der Waals surface area contributed by atoms with Crippen LogP contribution in [0.3, 0.4) is 0 Å². The molecule has 0 aromatic heterocycles. The zero-order valence-corrected chi connectivity index (χ0v) is 6.08. The van der Waals surface area contributed by atoms with Gasteiger partial charge in [0.1, 0.15) is 0 Å². The van der Waals surface area contributed by atoms with Crippen LogP contribution in [0.15, 0.2) is 0 Å². The van der Waals surface area contributed by atoms with Crippen molar-refractivity contribution in [1.82, 2.24) is 0 Å². The topological polar surface area (TPSA) is 9.23 Å². The van der Waals surface area contributed by atoms with E-state index in [2.05, 4.69) is 20.7 Å². The Morgan fingerprint density at radius 3 is 2.50 bits per heavy atom. The first-order valence-corrected chi connectivity index (χ1v) is 3.78. The summed E-state index contributed by atoms with van der Waals surface area (Å²) in [5.74, 6) is -1.27. The molecule has 1 saturated heterocycles. The zero-order chi connectivity index (χ0) is 6.04. The highest BCUT2D eigenvalue weighted by atomic mass is 79.9. The van der Waals surface area contributed by atoms with Crippen LogP contribution in [-0.4, -0.2) is 17.8 Å². The number of halogens is 2. The van der Waals surface area contributed by atoms with Gasteiger partial charge < -0.3 is 4.74 Å². The van der Waals surface area contributed by atoms with Crippen LogP contribution in [0, 0.1) is 0 Å². The SMILES string of the molecule is FC1(CCBr)CCO1. The van der Waals surface area contributed by atoms with Gasteiger partial charge in [-0.3, -0.25) is 0 Å². The third kappa shape index (κ3) is 1.20.